The molecule has 2 rings (SSSR count). The number of Topliss-reactive ketones (excluding diaryl/α,β-unsaturated/α-hetero) is 1. The maximum absolute atomic E-state index is 12.4. The monoisotopic (exact) mass is 330 g/mol. The maximum Gasteiger partial charge on any atom is 0.333 e. The molecule has 1 saturated carbocycles. The van der Waals surface area contributed by atoms with Crippen LogP contribution in [0.3, 0.4) is 0 Å². The summed E-state index contributed by atoms with van der Waals surface area (Å²) in [6, 6.07) is 6.37. The van der Waals surface area contributed by atoms with E-state index in [1.165, 1.54) is 32.1 Å². The Kier molecular flexibility index (Phi) is 7.29. The third-order valence-electron chi connectivity index (χ3n) is 4.86. The van der Waals surface area contributed by atoms with Gasteiger partial charge in [0, 0.05) is 12.1 Å². The first-order valence-corrected chi connectivity index (χ1v) is 9.01. The maximum atomic E-state index is 12.4. The lowest BCUT2D eigenvalue weighted by atomic mass is 9.85. The van der Waals surface area contributed by atoms with E-state index in [2.05, 4.69) is 12.2 Å². The van der Waals surface area contributed by atoms with Crippen LogP contribution >= 0.6 is 0 Å². The van der Waals surface area contributed by atoms with Crippen molar-refractivity contribution in [2.45, 2.75) is 63.8 Å². The fraction of sp³-hybridized carbons (Fsp3) is 0.550. The van der Waals surface area contributed by atoms with Gasteiger partial charge in [0.05, 0.1) is 0 Å². The van der Waals surface area contributed by atoms with Crippen LogP contribution in [0.25, 0.3) is 0 Å². The molecule has 0 bridgehead atoms. The molecule has 0 amide bonds. The van der Waals surface area contributed by atoms with Crippen molar-refractivity contribution in [1.29, 1.82) is 0 Å². The minimum atomic E-state index is -1.17. The fourth-order valence-corrected chi connectivity index (χ4v) is 3.47. The average molecular weight is 330 g/mol. The smallest absolute Gasteiger partial charge is 0.333 e. The second-order valence-electron chi connectivity index (χ2n) is 6.69. The predicted molar refractivity (Wildman–Crippen MR) is 96.0 cm³/mol. The third-order valence-corrected chi connectivity index (χ3v) is 4.86. The fourth-order valence-electron chi connectivity index (χ4n) is 3.47. The molecular weight excluding hydrogens is 302 g/mol. The number of aliphatic carboxylic acids is 1. The zero-order valence-electron chi connectivity index (χ0n) is 14.3. The normalized spacial score (nSPS) is 16.5. The van der Waals surface area contributed by atoms with Gasteiger partial charge >= 0.3 is 5.97 Å². The van der Waals surface area contributed by atoms with Crippen molar-refractivity contribution in [2.75, 3.05) is 5.32 Å². The number of hydrogen-bond donors (Lipinski definition) is 2. The molecule has 1 aliphatic rings. The molecule has 0 heterocycles. The molecule has 0 saturated heterocycles. The molecule has 1 fully saturated rings. The summed E-state index contributed by atoms with van der Waals surface area (Å²) in [5.41, 5.74) is 1.72. The molecule has 0 aromatic heterocycles. The molecular formula is C20H28NO3. The number of ketones is 1. The van der Waals surface area contributed by atoms with Crippen LogP contribution in [0.15, 0.2) is 24.3 Å². The van der Waals surface area contributed by atoms with Gasteiger partial charge in [-0.2, -0.15) is 0 Å². The Hall–Kier alpha value is -1.84. The van der Waals surface area contributed by atoms with Crippen molar-refractivity contribution >= 4 is 17.4 Å². The number of hydrogen-bond acceptors (Lipinski definition) is 3. The Balaban J connectivity index is 1.98. The topological polar surface area (TPSA) is 66.4 Å². The number of carboxylic acids is 1. The summed E-state index contributed by atoms with van der Waals surface area (Å²) in [5.74, 6) is -0.749. The highest BCUT2D eigenvalue weighted by molar-refractivity contribution is 6.05. The Morgan fingerprint density at radius 1 is 1.21 bits per heavy atom. The zero-order chi connectivity index (χ0) is 17.4. The SMILES string of the molecule is [CH2]CCc1ccccc1NC(C(=O)O)C(=O)CCC1CCCCC1. The van der Waals surface area contributed by atoms with Gasteiger partial charge in [0.2, 0.25) is 0 Å². The number of benzene rings is 1. The first-order chi connectivity index (χ1) is 11.6. The van der Waals surface area contributed by atoms with Crippen molar-refractivity contribution < 1.29 is 14.7 Å². The van der Waals surface area contributed by atoms with E-state index in [4.69, 9.17) is 0 Å². The van der Waals surface area contributed by atoms with Gasteiger partial charge in [0.15, 0.2) is 11.8 Å². The van der Waals surface area contributed by atoms with Gasteiger partial charge in [0.1, 0.15) is 0 Å². The van der Waals surface area contributed by atoms with Crippen LogP contribution in [0, 0.1) is 12.8 Å². The van der Waals surface area contributed by atoms with E-state index >= 15 is 0 Å². The van der Waals surface area contributed by atoms with Crippen molar-refractivity contribution in [3.63, 3.8) is 0 Å². The number of anilines is 1. The minimum absolute atomic E-state index is 0.225. The van der Waals surface area contributed by atoms with Gasteiger partial charge in [-0.25, -0.2) is 4.79 Å². The number of carbonyl (C=O) groups excluding carboxylic acids is 1. The first-order valence-electron chi connectivity index (χ1n) is 9.01. The Labute approximate surface area is 144 Å². The Bertz CT molecular complexity index is 550. The van der Waals surface area contributed by atoms with Crippen LogP contribution in [-0.2, 0) is 16.0 Å². The quantitative estimate of drug-likeness (QED) is 0.664. The minimum Gasteiger partial charge on any atom is -0.479 e. The summed E-state index contributed by atoms with van der Waals surface area (Å²) in [6.45, 7) is 3.84. The second kappa shape index (κ2) is 9.45. The number of aryl methyl sites for hydroxylation is 1. The summed E-state index contributed by atoms with van der Waals surface area (Å²) in [7, 11) is 0. The molecule has 1 aromatic carbocycles. The summed E-state index contributed by atoms with van der Waals surface area (Å²) in [5, 5.41) is 12.4. The lowest BCUT2D eigenvalue weighted by Gasteiger charge is -2.22. The highest BCUT2D eigenvalue weighted by Gasteiger charge is 2.27. The summed E-state index contributed by atoms with van der Waals surface area (Å²) >= 11 is 0. The van der Waals surface area contributed by atoms with Crippen LogP contribution in [-0.4, -0.2) is 22.9 Å². The molecule has 1 aromatic rings. The van der Waals surface area contributed by atoms with Crippen LogP contribution in [0.2, 0.25) is 0 Å². The van der Waals surface area contributed by atoms with Gasteiger partial charge in [-0.05, 0) is 36.8 Å². The number of rotatable bonds is 9. The molecule has 131 valence electrons. The number of carboxylic acid groups (broad SMARTS) is 1. The predicted octanol–water partition coefficient (Wildman–Crippen LogP) is 4.25. The van der Waals surface area contributed by atoms with E-state index in [0.29, 0.717) is 12.3 Å². The molecule has 0 aliphatic heterocycles. The highest BCUT2D eigenvalue weighted by Crippen LogP contribution is 2.27. The molecule has 1 atom stereocenters. The van der Waals surface area contributed by atoms with Crippen LogP contribution in [0.4, 0.5) is 5.69 Å². The highest BCUT2D eigenvalue weighted by atomic mass is 16.4. The zero-order valence-corrected chi connectivity index (χ0v) is 14.3. The van der Waals surface area contributed by atoms with E-state index in [9.17, 15) is 14.7 Å². The summed E-state index contributed by atoms with van der Waals surface area (Å²) in [6.07, 6.45) is 8.73. The van der Waals surface area contributed by atoms with Gasteiger partial charge in [0.25, 0.3) is 0 Å². The number of carbonyl (C=O) groups is 2. The van der Waals surface area contributed by atoms with Crippen molar-refractivity contribution in [3.8, 4) is 0 Å². The van der Waals surface area contributed by atoms with Crippen LogP contribution in [0.5, 0.6) is 0 Å². The second-order valence-corrected chi connectivity index (χ2v) is 6.69. The molecule has 1 aliphatic carbocycles. The van der Waals surface area contributed by atoms with E-state index in [-0.39, 0.29) is 5.78 Å². The standard InChI is InChI=1S/C20H28NO3/c1-2-8-16-11-6-7-12-17(16)21-19(20(23)24)18(22)14-13-15-9-4-3-5-10-15/h6-7,11-12,15,19,21H,1-5,8-10,13-14H2,(H,23,24). The summed E-state index contributed by atoms with van der Waals surface area (Å²) < 4.78 is 0. The lowest BCUT2D eigenvalue weighted by Crippen LogP contribution is -2.38. The molecule has 0 spiro atoms. The van der Waals surface area contributed by atoms with Crippen LogP contribution in [0.1, 0.15) is 56.9 Å². The van der Waals surface area contributed by atoms with E-state index < -0.39 is 12.0 Å². The van der Waals surface area contributed by atoms with E-state index in [1.807, 2.05) is 24.3 Å². The van der Waals surface area contributed by atoms with Gasteiger partial charge in [-0.3, -0.25) is 4.79 Å². The van der Waals surface area contributed by atoms with E-state index in [0.717, 1.165) is 30.5 Å². The van der Waals surface area contributed by atoms with Gasteiger partial charge < -0.3 is 10.4 Å². The molecule has 4 nitrogen and oxygen atoms in total. The molecule has 2 N–H and O–H groups in total. The molecule has 1 radical (unpaired) electrons. The molecule has 4 heteroatoms. The Morgan fingerprint density at radius 2 is 1.92 bits per heavy atom. The number of para-hydroxylation sites is 1. The summed E-state index contributed by atoms with van der Waals surface area (Å²) in [4.78, 5) is 24.0. The Morgan fingerprint density at radius 3 is 2.58 bits per heavy atom. The molecule has 1 unspecified atom stereocenters. The van der Waals surface area contributed by atoms with Crippen molar-refractivity contribution in [2.24, 2.45) is 5.92 Å². The average Bonchev–Trinajstić information content (AvgIpc) is 2.59. The van der Waals surface area contributed by atoms with Gasteiger partial charge in [-0.15, -0.1) is 0 Å². The first kappa shape index (κ1) is 18.5. The van der Waals surface area contributed by atoms with Crippen molar-refractivity contribution in [3.05, 3.63) is 36.8 Å². The largest absolute Gasteiger partial charge is 0.479 e. The number of nitrogens with one attached hydrogen (secondary N) is 1. The third kappa shape index (κ3) is 5.36. The van der Waals surface area contributed by atoms with Crippen LogP contribution < -0.4 is 5.32 Å². The van der Waals surface area contributed by atoms with E-state index in [1.54, 1.807) is 0 Å². The van der Waals surface area contributed by atoms with Crippen molar-refractivity contribution in [1.82, 2.24) is 0 Å². The molecule has 24 heavy (non-hydrogen) atoms. The lowest BCUT2D eigenvalue weighted by molar-refractivity contribution is -0.141. The van der Waals surface area contributed by atoms with Gasteiger partial charge in [-0.1, -0.05) is 57.2 Å².